The van der Waals surface area contributed by atoms with E-state index in [9.17, 15) is 4.57 Å². The van der Waals surface area contributed by atoms with Gasteiger partial charge in [0, 0.05) is 27.4 Å². The molecule has 1 atom stereocenters. The molecule has 6 rings (SSSR count). The van der Waals surface area contributed by atoms with E-state index in [1.807, 2.05) is 72.8 Å². The van der Waals surface area contributed by atoms with Crippen LogP contribution in [0.15, 0.2) is 91.0 Å². The maximum absolute atomic E-state index is 15.0. The molecule has 0 amide bonds. The van der Waals surface area contributed by atoms with Crippen molar-refractivity contribution in [2.45, 2.75) is 0 Å². The quantitative estimate of drug-likeness (QED) is 0.333. The van der Waals surface area contributed by atoms with Gasteiger partial charge in [-0.2, -0.15) is 0 Å². The lowest BCUT2D eigenvalue weighted by Gasteiger charge is -2.44. The van der Waals surface area contributed by atoms with Gasteiger partial charge in [-0.1, -0.05) is 54.6 Å². The van der Waals surface area contributed by atoms with E-state index in [1.54, 1.807) is 0 Å². The number of fused-ring (bicyclic) bond motifs is 11. The highest BCUT2D eigenvalue weighted by molar-refractivity contribution is 7.81. The zero-order valence-electron chi connectivity index (χ0n) is 15.0. The highest BCUT2D eigenvalue weighted by Crippen LogP contribution is 2.65. The number of nitrogen functional groups attached to an aromatic ring is 1. The van der Waals surface area contributed by atoms with Gasteiger partial charge in [0.1, 0.15) is 0 Å². The van der Waals surface area contributed by atoms with Gasteiger partial charge in [0.2, 0.25) is 7.29 Å². The molecule has 0 spiro atoms. The van der Waals surface area contributed by atoms with Gasteiger partial charge in [-0.3, -0.25) is 9.24 Å². The smallest absolute Gasteiger partial charge is 0.235 e. The van der Waals surface area contributed by atoms with Crippen molar-refractivity contribution in [2.75, 3.05) is 10.4 Å². The fourth-order valence-electron chi connectivity index (χ4n) is 4.55. The summed E-state index contributed by atoms with van der Waals surface area (Å²) in [5.74, 6) is 0. The van der Waals surface area contributed by atoms with Crippen molar-refractivity contribution in [3.63, 3.8) is 0 Å². The second-order valence-corrected chi connectivity index (χ2v) is 9.73. The number of hydrogen-bond acceptors (Lipinski definition) is 2. The zero-order valence-corrected chi connectivity index (χ0v) is 15.9. The van der Waals surface area contributed by atoms with Crippen molar-refractivity contribution < 1.29 is 4.57 Å². The lowest BCUT2D eigenvalue weighted by atomic mass is 9.99. The largest absolute Gasteiger partial charge is 0.399 e. The second-order valence-electron chi connectivity index (χ2n) is 7.22. The Bertz CT molecular complexity index is 1330. The van der Waals surface area contributed by atoms with Crippen molar-refractivity contribution in [1.82, 2.24) is 0 Å². The van der Waals surface area contributed by atoms with Gasteiger partial charge in [0.25, 0.3) is 0 Å². The number of nitrogens with zero attached hydrogens (tertiary/aromatic N) is 1. The van der Waals surface area contributed by atoms with E-state index >= 15 is 0 Å². The fourth-order valence-corrected chi connectivity index (χ4v) is 7.82. The Morgan fingerprint density at radius 2 is 1.14 bits per heavy atom. The van der Waals surface area contributed by atoms with Crippen molar-refractivity contribution in [1.29, 1.82) is 0 Å². The number of anilines is 3. The van der Waals surface area contributed by atoms with Crippen molar-refractivity contribution >= 4 is 35.0 Å². The molecule has 4 aromatic rings. The molecule has 2 aliphatic heterocycles. The average molecular weight is 380 g/mol. The van der Waals surface area contributed by atoms with Crippen LogP contribution in [-0.2, 0) is 4.57 Å². The van der Waals surface area contributed by atoms with Crippen LogP contribution in [0.25, 0.3) is 22.3 Å². The van der Waals surface area contributed by atoms with E-state index in [-0.39, 0.29) is 0 Å². The van der Waals surface area contributed by atoms with Gasteiger partial charge in [-0.05, 0) is 47.5 Å². The zero-order chi connectivity index (χ0) is 18.9. The summed E-state index contributed by atoms with van der Waals surface area (Å²) < 4.78 is 17.0. The maximum Gasteiger partial charge on any atom is 0.235 e. The molecular formula is C24H17N2OP. The summed E-state index contributed by atoms with van der Waals surface area (Å²) in [6.45, 7) is 0. The first-order chi connectivity index (χ1) is 13.7. The third kappa shape index (κ3) is 1.82. The Morgan fingerprint density at radius 1 is 0.607 bits per heavy atom. The van der Waals surface area contributed by atoms with Crippen molar-refractivity contribution in [3.05, 3.63) is 91.0 Å². The molecule has 0 saturated carbocycles. The molecule has 3 nitrogen and oxygen atoms in total. The van der Waals surface area contributed by atoms with E-state index in [1.165, 1.54) is 0 Å². The molecule has 2 heterocycles. The molecule has 0 fully saturated rings. The number of nitrogens with two attached hydrogens (primary N) is 1. The first kappa shape index (κ1) is 15.7. The minimum atomic E-state index is -3.08. The van der Waals surface area contributed by atoms with Gasteiger partial charge in [0.15, 0.2) is 0 Å². The number of para-hydroxylation sites is 1. The third-order valence-corrected chi connectivity index (χ3v) is 8.78. The van der Waals surface area contributed by atoms with Gasteiger partial charge in [-0.25, -0.2) is 0 Å². The average Bonchev–Trinajstić information content (AvgIpc) is 2.74. The highest BCUT2D eigenvalue weighted by Gasteiger charge is 2.47. The summed E-state index contributed by atoms with van der Waals surface area (Å²) in [7, 11) is -3.08. The first-order valence-corrected chi connectivity index (χ1v) is 10.9. The van der Waals surface area contributed by atoms with Crippen LogP contribution in [0.3, 0.4) is 0 Å². The van der Waals surface area contributed by atoms with Crippen LogP contribution in [0.2, 0.25) is 0 Å². The SMILES string of the molecule is Nc1ccc2c(c1)-c1ccccc1P1(=O)c3ccccc3-c3ccccc3N21. The molecule has 0 aromatic heterocycles. The van der Waals surface area contributed by atoms with E-state index in [2.05, 4.69) is 22.9 Å². The molecule has 0 bridgehead atoms. The summed E-state index contributed by atoms with van der Waals surface area (Å²) in [6.07, 6.45) is 0. The second kappa shape index (κ2) is 5.37. The Balaban J connectivity index is 1.83. The standard InChI is InChI=1S/C24H17N2OP/c25-16-13-14-22-20(15-16)19-9-3-6-12-24(19)28(27)23-11-5-2-8-18(23)17-7-1-4-10-21(17)26(22)28/h1-15H,25H2. The lowest BCUT2D eigenvalue weighted by molar-refractivity contribution is 0.586. The molecule has 28 heavy (non-hydrogen) atoms. The topological polar surface area (TPSA) is 46.3 Å². The predicted octanol–water partition coefficient (Wildman–Crippen LogP) is 5.30. The molecule has 1 unspecified atom stereocenters. The van der Waals surface area contributed by atoms with Crippen molar-refractivity contribution in [2.24, 2.45) is 0 Å². The van der Waals surface area contributed by atoms with Gasteiger partial charge >= 0.3 is 0 Å². The Kier molecular flexibility index (Phi) is 3.02. The predicted molar refractivity (Wildman–Crippen MR) is 117 cm³/mol. The maximum atomic E-state index is 15.0. The molecule has 4 heteroatoms. The van der Waals surface area contributed by atoms with Gasteiger partial charge in [-0.15, -0.1) is 0 Å². The molecule has 4 aromatic carbocycles. The Morgan fingerprint density at radius 3 is 1.86 bits per heavy atom. The Labute approximate surface area is 163 Å². The Hall–Kier alpha value is -3.29. The molecule has 134 valence electrons. The number of benzene rings is 4. The lowest BCUT2D eigenvalue weighted by Crippen LogP contribution is -2.37. The number of hydrogen-bond donors (Lipinski definition) is 1. The molecular weight excluding hydrogens is 363 g/mol. The minimum Gasteiger partial charge on any atom is -0.399 e. The third-order valence-electron chi connectivity index (χ3n) is 5.70. The molecule has 2 aliphatic rings. The first-order valence-electron chi connectivity index (χ1n) is 9.29. The van der Waals surface area contributed by atoms with Gasteiger partial charge < -0.3 is 5.73 Å². The summed E-state index contributed by atoms with van der Waals surface area (Å²) >= 11 is 0. The highest BCUT2D eigenvalue weighted by atomic mass is 31.2. The van der Waals surface area contributed by atoms with Crippen LogP contribution in [0.5, 0.6) is 0 Å². The van der Waals surface area contributed by atoms with Crippen LogP contribution >= 0.6 is 7.29 Å². The summed E-state index contributed by atoms with van der Waals surface area (Å²) in [5.41, 5.74) is 12.9. The number of rotatable bonds is 0. The summed E-state index contributed by atoms with van der Waals surface area (Å²) in [6, 6.07) is 30.2. The van der Waals surface area contributed by atoms with Crippen LogP contribution in [0.1, 0.15) is 0 Å². The van der Waals surface area contributed by atoms with Crippen LogP contribution in [0.4, 0.5) is 17.1 Å². The van der Waals surface area contributed by atoms with Gasteiger partial charge in [0.05, 0.1) is 11.4 Å². The minimum absolute atomic E-state index is 0.705. The molecule has 0 radical (unpaired) electrons. The van der Waals surface area contributed by atoms with Crippen LogP contribution in [0, 0.1) is 0 Å². The van der Waals surface area contributed by atoms with E-state index < -0.39 is 7.29 Å². The van der Waals surface area contributed by atoms with E-state index in [0.29, 0.717) is 5.69 Å². The van der Waals surface area contributed by atoms with Crippen LogP contribution in [-0.4, -0.2) is 0 Å². The van der Waals surface area contributed by atoms with E-state index in [0.717, 1.165) is 44.2 Å². The van der Waals surface area contributed by atoms with E-state index in [4.69, 9.17) is 5.73 Å². The summed E-state index contributed by atoms with van der Waals surface area (Å²) in [4.78, 5) is 0. The van der Waals surface area contributed by atoms with Crippen molar-refractivity contribution in [3.8, 4) is 22.3 Å². The molecule has 2 N–H and O–H groups in total. The van der Waals surface area contributed by atoms with Crippen LogP contribution < -0.4 is 21.0 Å². The molecule has 0 aliphatic carbocycles. The summed E-state index contributed by atoms with van der Waals surface area (Å²) in [5, 5.41) is 1.76. The monoisotopic (exact) mass is 380 g/mol. The molecule has 0 saturated heterocycles. The normalized spacial score (nSPS) is 18.4. The fraction of sp³-hybridized carbons (Fsp3) is 0.